The van der Waals surface area contributed by atoms with Crippen LogP contribution in [-0.4, -0.2) is 35.1 Å². The van der Waals surface area contributed by atoms with Crippen molar-refractivity contribution in [3.8, 4) is 11.6 Å². The van der Waals surface area contributed by atoms with E-state index in [1.54, 1.807) is 0 Å². The first kappa shape index (κ1) is 14.0. The van der Waals surface area contributed by atoms with Crippen LogP contribution in [0.5, 0.6) is 11.6 Å². The highest BCUT2D eigenvalue weighted by Gasteiger charge is 2.14. The number of hydrogen-bond donors (Lipinski definition) is 1. The smallest absolute Gasteiger partial charge is 0.261 e. The van der Waals surface area contributed by atoms with Crippen molar-refractivity contribution in [2.75, 3.05) is 19.5 Å². The molecule has 0 bridgehead atoms. The molecule has 0 radical (unpaired) electrons. The molecule has 104 valence electrons. The summed E-state index contributed by atoms with van der Waals surface area (Å²) in [6, 6.07) is 2.96. The van der Waals surface area contributed by atoms with Crippen LogP contribution in [0.1, 0.15) is 10.4 Å². The molecule has 0 spiro atoms. The summed E-state index contributed by atoms with van der Waals surface area (Å²) in [5, 5.41) is 2.68. The van der Waals surface area contributed by atoms with E-state index >= 15 is 0 Å². The fourth-order valence-corrected chi connectivity index (χ4v) is 1.63. The fourth-order valence-electron chi connectivity index (χ4n) is 1.46. The molecule has 0 fully saturated rings. The molecule has 7 nitrogen and oxygen atoms in total. The van der Waals surface area contributed by atoms with Gasteiger partial charge in [-0.1, -0.05) is 11.6 Å². The molecule has 0 aromatic carbocycles. The second-order valence-electron chi connectivity index (χ2n) is 3.59. The Kier molecular flexibility index (Phi) is 4.31. The molecular weight excluding hydrogens is 284 g/mol. The summed E-state index contributed by atoms with van der Waals surface area (Å²) < 4.78 is 10.0. The molecule has 0 aliphatic carbocycles. The van der Waals surface area contributed by atoms with Gasteiger partial charge in [-0.15, -0.1) is 0 Å². The topological polar surface area (TPSA) is 86.2 Å². The zero-order chi connectivity index (χ0) is 14.5. The van der Waals surface area contributed by atoms with Crippen molar-refractivity contribution in [1.82, 2.24) is 15.0 Å². The summed E-state index contributed by atoms with van der Waals surface area (Å²) in [5.41, 5.74) is 0.310. The van der Waals surface area contributed by atoms with E-state index in [0.29, 0.717) is 11.3 Å². The summed E-state index contributed by atoms with van der Waals surface area (Å²) in [6.45, 7) is 0. The Labute approximate surface area is 119 Å². The van der Waals surface area contributed by atoms with Crippen LogP contribution in [0.25, 0.3) is 0 Å². The summed E-state index contributed by atoms with van der Waals surface area (Å²) in [5.74, 6) is 0.202. The van der Waals surface area contributed by atoms with Gasteiger partial charge in [-0.2, -0.15) is 4.98 Å². The number of ether oxygens (including phenoxy) is 2. The lowest BCUT2D eigenvalue weighted by Crippen LogP contribution is -2.15. The molecule has 0 saturated carbocycles. The number of nitrogens with one attached hydrogen (secondary N) is 1. The fraction of sp³-hybridized carbons (Fsp3) is 0.167. The first-order chi connectivity index (χ1) is 9.63. The predicted octanol–water partition coefficient (Wildman–Crippen LogP) is 1.79. The van der Waals surface area contributed by atoms with E-state index in [4.69, 9.17) is 21.1 Å². The minimum Gasteiger partial charge on any atom is -0.494 e. The van der Waals surface area contributed by atoms with Gasteiger partial charge in [-0.25, -0.2) is 4.98 Å². The quantitative estimate of drug-likeness (QED) is 0.865. The van der Waals surface area contributed by atoms with Gasteiger partial charge < -0.3 is 9.47 Å². The van der Waals surface area contributed by atoms with Gasteiger partial charge in [0.15, 0.2) is 0 Å². The average molecular weight is 295 g/mol. The lowest BCUT2D eigenvalue weighted by Gasteiger charge is -2.08. The first-order valence-electron chi connectivity index (χ1n) is 5.52. The highest BCUT2D eigenvalue weighted by Crippen LogP contribution is 2.19. The number of hydrogen-bond acceptors (Lipinski definition) is 6. The minimum atomic E-state index is -0.437. The number of aromatic nitrogens is 3. The molecule has 2 aromatic heterocycles. The molecule has 0 unspecified atom stereocenters. The Bertz CT molecular complexity index is 636. The van der Waals surface area contributed by atoms with Crippen LogP contribution in [0.15, 0.2) is 24.5 Å². The van der Waals surface area contributed by atoms with E-state index in [1.165, 1.54) is 38.7 Å². The lowest BCUT2D eigenvalue weighted by atomic mass is 10.2. The average Bonchev–Trinajstić information content (AvgIpc) is 2.46. The zero-order valence-corrected chi connectivity index (χ0v) is 11.5. The van der Waals surface area contributed by atoms with Crippen LogP contribution >= 0.6 is 11.6 Å². The summed E-state index contributed by atoms with van der Waals surface area (Å²) in [6.07, 6.45) is 2.92. The number of amides is 1. The molecular formula is C12H11ClN4O3. The monoisotopic (exact) mass is 294 g/mol. The molecule has 2 aromatic rings. The minimum absolute atomic E-state index is 0.0400. The van der Waals surface area contributed by atoms with Crippen LogP contribution in [0, 0.1) is 0 Å². The number of carbonyl (C=O) groups is 1. The summed E-state index contributed by atoms with van der Waals surface area (Å²) in [7, 11) is 2.89. The van der Waals surface area contributed by atoms with Gasteiger partial charge in [0.1, 0.15) is 10.9 Å². The van der Waals surface area contributed by atoms with E-state index in [2.05, 4.69) is 20.3 Å². The highest BCUT2D eigenvalue weighted by atomic mass is 35.5. The number of anilines is 1. The van der Waals surface area contributed by atoms with Crippen LogP contribution in [0.2, 0.25) is 5.15 Å². The van der Waals surface area contributed by atoms with E-state index in [0.717, 1.165) is 0 Å². The number of carbonyl (C=O) groups excluding carboxylic acids is 1. The van der Waals surface area contributed by atoms with E-state index in [9.17, 15) is 4.79 Å². The normalized spacial score (nSPS) is 9.95. The van der Waals surface area contributed by atoms with Crippen molar-refractivity contribution in [1.29, 1.82) is 0 Å². The molecule has 20 heavy (non-hydrogen) atoms. The number of methoxy groups -OCH3 is 2. The van der Waals surface area contributed by atoms with Crippen molar-refractivity contribution >= 4 is 23.5 Å². The summed E-state index contributed by atoms with van der Waals surface area (Å²) in [4.78, 5) is 23.8. The number of rotatable bonds is 4. The molecule has 0 saturated heterocycles. The number of halogens is 1. The van der Waals surface area contributed by atoms with Crippen molar-refractivity contribution in [2.24, 2.45) is 0 Å². The largest absolute Gasteiger partial charge is 0.494 e. The molecule has 1 amide bonds. The Balaban J connectivity index is 2.25. The standard InChI is InChI=1S/C12H11ClN4O3/c1-19-8-6-14-4-3-7(8)11(18)17-12-15-9(13)5-10(16-12)20-2/h3-6H,1-2H3,(H,15,16,17,18). The van der Waals surface area contributed by atoms with Crippen molar-refractivity contribution in [3.63, 3.8) is 0 Å². The Hall–Kier alpha value is -2.41. The van der Waals surface area contributed by atoms with Crippen LogP contribution in [0.3, 0.4) is 0 Å². The Morgan fingerprint density at radius 2 is 2.10 bits per heavy atom. The van der Waals surface area contributed by atoms with Crippen molar-refractivity contribution in [2.45, 2.75) is 0 Å². The third-order valence-electron chi connectivity index (χ3n) is 2.35. The molecule has 0 aliphatic rings. The van der Waals surface area contributed by atoms with Gasteiger partial charge in [-0.05, 0) is 6.07 Å². The van der Waals surface area contributed by atoms with Crippen LogP contribution in [-0.2, 0) is 0 Å². The molecule has 8 heteroatoms. The maximum atomic E-state index is 12.1. The third-order valence-corrected chi connectivity index (χ3v) is 2.55. The molecule has 2 rings (SSSR count). The van der Waals surface area contributed by atoms with E-state index in [-0.39, 0.29) is 17.0 Å². The maximum absolute atomic E-state index is 12.1. The maximum Gasteiger partial charge on any atom is 0.261 e. The van der Waals surface area contributed by atoms with Gasteiger partial charge >= 0.3 is 0 Å². The van der Waals surface area contributed by atoms with Crippen molar-refractivity contribution < 1.29 is 14.3 Å². The Morgan fingerprint density at radius 1 is 1.30 bits per heavy atom. The van der Waals surface area contributed by atoms with Crippen LogP contribution < -0.4 is 14.8 Å². The van der Waals surface area contributed by atoms with E-state index < -0.39 is 5.91 Å². The predicted molar refractivity (Wildman–Crippen MR) is 72.3 cm³/mol. The first-order valence-corrected chi connectivity index (χ1v) is 5.89. The number of pyridine rings is 1. The zero-order valence-electron chi connectivity index (χ0n) is 10.8. The van der Waals surface area contributed by atoms with Gasteiger partial charge in [-0.3, -0.25) is 15.1 Å². The highest BCUT2D eigenvalue weighted by molar-refractivity contribution is 6.29. The lowest BCUT2D eigenvalue weighted by molar-refractivity contribution is 0.102. The van der Waals surface area contributed by atoms with Gasteiger partial charge in [0.05, 0.1) is 26.0 Å². The SMILES string of the molecule is COc1cc(Cl)nc(NC(=O)c2ccncc2OC)n1. The van der Waals surface area contributed by atoms with Gasteiger partial charge in [0, 0.05) is 12.3 Å². The Morgan fingerprint density at radius 3 is 2.80 bits per heavy atom. The van der Waals surface area contributed by atoms with Crippen molar-refractivity contribution in [3.05, 3.63) is 35.2 Å². The molecule has 1 N–H and O–H groups in total. The second kappa shape index (κ2) is 6.16. The summed E-state index contributed by atoms with van der Waals surface area (Å²) >= 11 is 5.80. The molecule has 0 aliphatic heterocycles. The number of nitrogens with zero attached hydrogens (tertiary/aromatic N) is 3. The third kappa shape index (κ3) is 3.12. The van der Waals surface area contributed by atoms with Gasteiger partial charge in [0.25, 0.3) is 5.91 Å². The molecule has 0 atom stereocenters. The molecule has 2 heterocycles. The van der Waals surface area contributed by atoms with Gasteiger partial charge in [0.2, 0.25) is 11.8 Å². The second-order valence-corrected chi connectivity index (χ2v) is 3.97. The van der Waals surface area contributed by atoms with Crippen LogP contribution in [0.4, 0.5) is 5.95 Å². The van der Waals surface area contributed by atoms with E-state index in [1.807, 2.05) is 0 Å².